The number of non-ortho nitro benzene ring substituents is 1. The Balaban J connectivity index is 2.22. The molecule has 0 spiro atoms. The van der Waals surface area contributed by atoms with E-state index in [9.17, 15) is 19.7 Å². The Bertz CT molecular complexity index is 951. The van der Waals surface area contributed by atoms with Crippen LogP contribution in [-0.4, -0.2) is 29.5 Å². The maximum Gasteiger partial charge on any atom is 0.355 e. The number of nitrogens with one attached hydrogen (secondary N) is 1. The molecule has 1 amide bonds. The Morgan fingerprint density at radius 2 is 1.87 bits per heavy atom. The lowest BCUT2D eigenvalue weighted by atomic mass is 10.1. The first-order valence-electron chi connectivity index (χ1n) is 10.0. The Kier molecular flexibility index (Phi) is 8.75. The Labute approximate surface area is 181 Å². The second kappa shape index (κ2) is 11.5. The first-order valence-corrected chi connectivity index (χ1v) is 10.0. The summed E-state index contributed by atoms with van der Waals surface area (Å²) in [6.07, 6.45) is 2.90. The number of esters is 1. The Morgan fingerprint density at radius 1 is 1.16 bits per heavy atom. The molecule has 0 aromatic heterocycles. The average molecular weight is 426 g/mol. The summed E-state index contributed by atoms with van der Waals surface area (Å²) < 4.78 is 10.8. The van der Waals surface area contributed by atoms with Crippen LogP contribution in [0.25, 0.3) is 6.08 Å². The number of amides is 1. The Morgan fingerprint density at radius 3 is 2.48 bits per heavy atom. The third-order valence-electron chi connectivity index (χ3n) is 4.09. The molecule has 2 rings (SSSR count). The van der Waals surface area contributed by atoms with E-state index in [4.69, 9.17) is 9.47 Å². The van der Waals surface area contributed by atoms with Crippen LogP contribution in [0.3, 0.4) is 0 Å². The molecule has 0 atom stereocenters. The van der Waals surface area contributed by atoms with Gasteiger partial charge in [0.25, 0.3) is 11.6 Å². The molecule has 0 saturated heterocycles. The summed E-state index contributed by atoms with van der Waals surface area (Å²) in [6.45, 7) is 6.03. The van der Waals surface area contributed by atoms with Crippen LogP contribution < -0.4 is 10.1 Å². The van der Waals surface area contributed by atoms with E-state index in [1.54, 1.807) is 44.2 Å². The van der Waals surface area contributed by atoms with Crippen LogP contribution in [0.15, 0.2) is 54.2 Å². The zero-order valence-corrected chi connectivity index (χ0v) is 17.8. The van der Waals surface area contributed by atoms with Gasteiger partial charge in [-0.15, -0.1) is 0 Å². The van der Waals surface area contributed by atoms with Crippen LogP contribution in [0.2, 0.25) is 0 Å². The number of carbonyl (C=O) groups is 2. The smallest absolute Gasteiger partial charge is 0.355 e. The summed E-state index contributed by atoms with van der Waals surface area (Å²) in [7, 11) is 0. The van der Waals surface area contributed by atoms with Crippen LogP contribution in [0.1, 0.15) is 49.5 Å². The highest BCUT2D eigenvalue weighted by Crippen LogP contribution is 2.17. The second-order valence-electron chi connectivity index (χ2n) is 7.04. The predicted molar refractivity (Wildman–Crippen MR) is 117 cm³/mol. The van der Waals surface area contributed by atoms with Gasteiger partial charge < -0.3 is 14.8 Å². The molecule has 0 saturated carbocycles. The van der Waals surface area contributed by atoms with Crippen molar-refractivity contribution in [3.05, 3.63) is 75.5 Å². The van der Waals surface area contributed by atoms with Gasteiger partial charge in [0.05, 0.1) is 17.6 Å². The molecule has 0 heterocycles. The van der Waals surface area contributed by atoms with Crippen LogP contribution in [-0.2, 0) is 9.53 Å². The molecule has 8 heteroatoms. The summed E-state index contributed by atoms with van der Waals surface area (Å²) in [5.41, 5.74) is 0.452. The highest BCUT2D eigenvalue weighted by Gasteiger charge is 2.18. The van der Waals surface area contributed by atoms with E-state index < -0.39 is 22.9 Å². The number of hydrogen-bond donors (Lipinski definition) is 1. The number of nitrogens with zero attached hydrogens (tertiary/aromatic N) is 1. The van der Waals surface area contributed by atoms with E-state index >= 15 is 0 Å². The summed E-state index contributed by atoms with van der Waals surface area (Å²) >= 11 is 0. The van der Waals surface area contributed by atoms with Gasteiger partial charge in [-0.1, -0.05) is 25.5 Å². The lowest BCUT2D eigenvalue weighted by Crippen LogP contribution is -2.29. The van der Waals surface area contributed by atoms with Gasteiger partial charge in [0.15, 0.2) is 0 Å². The molecule has 31 heavy (non-hydrogen) atoms. The van der Waals surface area contributed by atoms with Crippen molar-refractivity contribution in [1.82, 2.24) is 5.32 Å². The molecule has 0 aliphatic carbocycles. The molecule has 0 aliphatic heterocycles. The number of nitro benzene ring substituents is 1. The number of rotatable bonds is 10. The lowest BCUT2D eigenvalue weighted by Gasteiger charge is -2.13. The third-order valence-corrected chi connectivity index (χ3v) is 4.09. The molecule has 164 valence electrons. The minimum atomic E-state index is -0.741. The lowest BCUT2D eigenvalue weighted by molar-refractivity contribution is -0.384. The highest BCUT2D eigenvalue weighted by atomic mass is 16.6. The van der Waals surface area contributed by atoms with Crippen LogP contribution in [0, 0.1) is 10.1 Å². The van der Waals surface area contributed by atoms with Crippen LogP contribution in [0.5, 0.6) is 5.75 Å². The monoisotopic (exact) mass is 426 g/mol. The minimum absolute atomic E-state index is 0.123. The van der Waals surface area contributed by atoms with Crippen molar-refractivity contribution >= 4 is 23.6 Å². The van der Waals surface area contributed by atoms with Gasteiger partial charge in [0.1, 0.15) is 11.4 Å². The van der Waals surface area contributed by atoms with Gasteiger partial charge in [-0.25, -0.2) is 4.79 Å². The fraction of sp³-hybridized carbons (Fsp3) is 0.304. The third kappa shape index (κ3) is 7.58. The largest absolute Gasteiger partial charge is 0.494 e. The number of carbonyl (C=O) groups excluding carboxylic acids is 2. The number of unbranched alkanes of at least 4 members (excludes halogenated alkanes) is 1. The van der Waals surface area contributed by atoms with Crippen LogP contribution in [0.4, 0.5) is 5.69 Å². The number of nitro groups is 1. The zero-order valence-electron chi connectivity index (χ0n) is 17.8. The molecule has 2 aromatic rings. The summed E-state index contributed by atoms with van der Waals surface area (Å²) in [5.74, 6) is -0.608. The number of benzene rings is 2. The van der Waals surface area contributed by atoms with Crippen molar-refractivity contribution in [3.63, 3.8) is 0 Å². The van der Waals surface area contributed by atoms with Crippen molar-refractivity contribution in [2.24, 2.45) is 0 Å². The van der Waals surface area contributed by atoms with E-state index in [0.717, 1.165) is 12.8 Å². The maximum absolute atomic E-state index is 12.7. The molecular formula is C23H26N2O6. The molecular weight excluding hydrogens is 400 g/mol. The van der Waals surface area contributed by atoms with Gasteiger partial charge in [0.2, 0.25) is 0 Å². The van der Waals surface area contributed by atoms with Crippen molar-refractivity contribution in [2.75, 3.05) is 6.61 Å². The molecule has 1 N–H and O–H groups in total. The van der Waals surface area contributed by atoms with E-state index in [1.807, 2.05) is 0 Å². The zero-order chi connectivity index (χ0) is 22.8. The van der Waals surface area contributed by atoms with Gasteiger partial charge in [-0.2, -0.15) is 0 Å². The molecule has 0 unspecified atom stereocenters. The Hall–Kier alpha value is -3.68. The minimum Gasteiger partial charge on any atom is -0.494 e. The summed E-state index contributed by atoms with van der Waals surface area (Å²) in [6, 6.07) is 12.3. The van der Waals surface area contributed by atoms with Crippen molar-refractivity contribution in [2.45, 2.75) is 39.7 Å². The van der Waals surface area contributed by atoms with Gasteiger partial charge in [0, 0.05) is 17.7 Å². The fourth-order valence-corrected chi connectivity index (χ4v) is 2.55. The summed E-state index contributed by atoms with van der Waals surface area (Å²) in [4.78, 5) is 35.6. The summed E-state index contributed by atoms with van der Waals surface area (Å²) in [5, 5.41) is 13.5. The molecule has 8 nitrogen and oxygen atoms in total. The highest BCUT2D eigenvalue weighted by molar-refractivity contribution is 6.03. The van der Waals surface area contributed by atoms with E-state index in [2.05, 4.69) is 12.2 Å². The molecule has 0 bridgehead atoms. The normalized spacial score (nSPS) is 11.2. The van der Waals surface area contributed by atoms with Gasteiger partial charge >= 0.3 is 5.97 Å². The number of ether oxygens (including phenoxy) is 2. The van der Waals surface area contributed by atoms with Crippen molar-refractivity contribution in [1.29, 1.82) is 0 Å². The van der Waals surface area contributed by atoms with Crippen molar-refractivity contribution in [3.8, 4) is 5.75 Å². The standard InChI is InChI=1S/C23H26N2O6/c1-4-5-13-30-20-11-9-18(10-12-20)22(26)24-21(23(27)31-16(2)3)15-17-7-6-8-19(14-17)25(28)29/h6-12,14-16H,4-5,13H2,1-3H3,(H,24,26). The first kappa shape index (κ1) is 23.6. The predicted octanol–water partition coefficient (Wildman–Crippen LogP) is 4.50. The second-order valence-corrected chi connectivity index (χ2v) is 7.04. The maximum atomic E-state index is 12.7. The first-order chi connectivity index (χ1) is 14.8. The average Bonchev–Trinajstić information content (AvgIpc) is 2.73. The SMILES string of the molecule is CCCCOc1ccc(C(=O)NC(=Cc2cccc([N+](=O)[O-])c2)C(=O)OC(C)C)cc1. The van der Waals surface area contributed by atoms with Crippen molar-refractivity contribution < 1.29 is 24.0 Å². The van der Waals surface area contributed by atoms with E-state index in [0.29, 0.717) is 23.5 Å². The molecule has 0 radical (unpaired) electrons. The van der Waals surface area contributed by atoms with E-state index in [-0.39, 0.29) is 11.4 Å². The quantitative estimate of drug-likeness (QED) is 0.197. The molecule has 0 fully saturated rings. The van der Waals surface area contributed by atoms with Gasteiger partial charge in [-0.3, -0.25) is 14.9 Å². The molecule has 2 aromatic carbocycles. The fourth-order valence-electron chi connectivity index (χ4n) is 2.55. The topological polar surface area (TPSA) is 108 Å². The molecule has 0 aliphatic rings. The van der Waals surface area contributed by atoms with Crippen LogP contribution >= 0.6 is 0 Å². The van der Waals surface area contributed by atoms with Gasteiger partial charge in [-0.05, 0) is 56.2 Å². The van der Waals surface area contributed by atoms with E-state index in [1.165, 1.54) is 24.3 Å². The number of hydrogen-bond acceptors (Lipinski definition) is 6.